The van der Waals surface area contributed by atoms with Crippen LogP contribution in [0.2, 0.25) is 23.2 Å². The van der Waals surface area contributed by atoms with Gasteiger partial charge in [0.25, 0.3) is 0 Å². The number of methoxy groups -OCH3 is 1. The standard InChI is InChI=1S/C31H49BClNO7Si/c1-21(17-18-32-40-30(5,6)31(7,8)41-32)25(39-42(10,11)29(2,3)4)13-12-14-27(35)34-24(28(36)37)20-22-15-16-26(38-9)23(33)19-22/h12,14-19,21,24-25H,13,20H2,1-11H3,(H,34,35)(H,36,37)/b14-12+,18-17+/t21-,24-,25+/m1/s1. The fraction of sp³-hybridized carbons (Fsp3) is 0.613. The van der Waals surface area contributed by atoms with E-state index in [0.29, 0.717) is 22.8 Å². The van der Waals surface area contributed by atoms with Crippen LogP contribution in [0, 0.1) is 5.92 Å². The van der Waals surface area contributed by atoms with Gasteiger partial charge in [0.2, 0.25) is 5.91 Å². The number of rotatable bonds is 13. The second-order valence-electron chi connectivity index (χ2n) is 13.5. The first-order valence-electron chi connectivity index (χ1n) is 14.4. The number of hydrogen-bond donors (Lipinski definition) is 2. The minimum absolute atomic E-state index is 0.000554. The molecule has 0 spiro atoms. The highest BCUT2D eigenvalue weighted by atomic mass is 35.5. The summed E-state index contributed by atoms with van der Waals surface area (Å²) in [6.45, 7) is 21.1. The molecule has 1 amide bonds. The zero-order valence-corrected chi connectivity index (χ0v) is 28.8. The predicted octanol–water partition coefficient (Wildman–Crippen LogP) is 6.62. The van der Waals surface area contributed by atoms with Gasteiger partial charge in [-0.15, -0.1) is 0 Å². The third-order valence-electron chi connectivity index (χ3n) is 8.59. The summed E-state index contributed by atoms with van der Waals surface area (Å²) in [5.74, 6) is 0.798. The Labute approximate surface area is 258 Å². The van der Waals surface area contributed by atoms with Crippen molar-refractivity contribution in [3.63, 3.8) is 0 Å². The van der Waals surface area contributed by atoms with Crippen molar-refractivity contribution in [1.82, 2.24) is 5.32 Å². The molecule has 42 heavy (non-hydrogen) atoms. The van der Waals surface area contributed by atoms with Gasteiger partial charge < -0.3 is 28.9 Å². The van der Waals surface area contributed by atoms with Gasteiger partial charge in [-0.3, -0.25) is 4.79 Å². The fourth-order valence-corrected chi connectivity index (χ4v) is 5.79. The summed E-state index contributed by atoms with van der Waals surface area (Å²) >= 11 is 6.18. The number of nitrogens with one attached hydrogen (secondary N) is 1. The number of hydrogen-bond acceptors (Lipinski definition) is 6. The Morgan fingerprint density at radius 1 is 1.17 bits per heavy atom. The van der Waals surface area contributed by atoms with Gasteiger partial charge in [0.1, 0.15) is 11.8 Å². The van der Waals surface area contributed by atoms with E-state index in [9.17, 15) is 14.7 Å². The van der Waals surface area contributed by atoms with Crippen LogP contribution in [0.3, 0.4) is 0 Å². The normalized spacial score (nSPS) is 19.2. The van der Waals surface area contributed by atoms with Gasteiger partial charge in [0.15, 0.2) is 8.32 Å². The Morgan fingerprint density at radius 2 is 1.76 bits per heavy atom. The summed E-state index contributed by atoms with van der Waals surface area (Å²) in [4.78, 5) is 24.6. The topological polar surface area (TPSA) is 103 Å². The third kappa shape index (κ3) is 9.71. The lowest BCUT2D eigenvalue weighted by Crippen LogP contribution is -2.45. The number of benzene rings is 1. The maximum absolute atomic E-state index is 12.7. The largest absolute Gasteiger partial charge is 0.495 e. The number of carbonyl (C=O) groups is 2. The molecule has 0 aromatic heterocycles. The molecule has 0 saturated carbocycles. The first-order chi connectivity index (χ1) is 19.2. The Morgan fingerprint density at radius 3 is 2.26 bits per heavy atom. The molecule has 1 aliphatic rings. The van der Waals surface area contributed by atoms with Crippen LogP contribution in [0.25, 0.3) is 0 Å². The number of carbonyl (C=O) groups excluding carboxylic acids is 1. The molecule has 234 valence electrons. The van der Waals surface area contributed by atoms with Crippen LogP contribution in [-0.2, 0) is 29.7 Å². The molecule has 2 rings (SSSR count). The number of carboxylic acid groups (broad SMARTS) is 1. The van der Waals surface area contributed by atoms with E-state index in [2.05, 4.69) is 46.1 Å². The van der Waals surface area contributed by atoms with Crippen molar-refractivity contribution in [2.45, 2.75) is 110 Å². The van der Waals surface area contributed by atoms with E-state index in [0.717, 1.165) is 0 Å². The highest BCUT2D eigenvalue weighted by molar-refractivity contribution is 6.74. The van der Waals surface area contributed by atoms with E-state index < -0.39 is 44.6 Å². The van der Waals surface area contributed by atoms with Crippen molar-refractivity contribution in [3.8, 4) is 5.75 Å². The molecule has 2 N–H and O–H groups in total. The van der Waals surface area contributed by atoms with E-state index in [1.165, 1.54) is 13.2 Å². The van der Waals surface area contributed by atoms with Crippen LogP contribution in [0.5, 0.6) is 5.75 Å². The average Bonchev–Trinajstić information content (AvgIpc) is 3.06. The van der Waals surface area contributed by atoms with Crippen molar-refractivity contribution in [3.05, 3.63) is 53.0 Å². The number of amides is 1. The predicted molar refractivity (Wildman–Crippen MR) is 171 cm³/mol. The maximum Gasteiger partial charge on any atom is 0.486 e. The molecule has 11 heteroatoms. The quantitative estimate of drug-likeness (QED) is 0.188. The SMILES string of the molecule is COc1ccc(C[C@@H](NC(=O)/C=C/C[C@H](O[Si](C)(C)C(C)(C)C)[C@H](C)/C=C/B2OC(C)(C)C(C)(C)O2)C(=O)O)cc1Cl. The lowest BCUT2D eigenvalue weighted by atomic mass is 9.87. The van der Waals surface area contributed by atoms with Gasteiger partial charge in [-0.1, -0.05) is 63.5 Å². The molecule has 0 unspecified atom stereocenters. The van der Waals surface area contributed by atoms with Crippen LogP contribution in [0.1, 0.15) is 67.4 Å². The molecule has 0 bridgehead atoms. The van der Waals surface area contributed by atoms with Gasteiger partial charge in [-0.05, 0) is 81.9 Å². The van der Waals surface area contributed by atoms with Gasteiger partial charge in [0.05, 0.1) is 29.4 Å². The molecule has 0 radical (unpaired) electrons. The minimum atomic E-state index is -2.14. The Balaban J connectivity index is 2.13. The van der Waals surface area contributed by atoms with Crippen molar-refractivity contribution in [2.75, 3.05) is 7.11 Å². The molecule has 1 aliphatic heterocycles. The first kappa shape index (κ1) is 36.1. The number of halogens is 1. The molecule has 1 saturated heterocycles. The second kappa shape index (κ2) is 14.1. The maximum atomic E-state index is 12.7. The number of carboxylic acids is 1. The van der Waals surface area contributed by atoms with Crippen molar-refractivity contribution < 1.29 is 33.2 Å². The van der Waals surface area contributed by atoms with Gasteiger partial charge in [0, 0.05) is 6.42 Å². The second-order valence-corrected chi connectivity index (χ2v) is 18.7. The molecule has 1 fully saturated rings. The van der Waals surface area contributed by atoms with E-state index >= 15 is 0 Å². The lowest BCUT2D eigenvalue weighted by Gasteiger charge is -2.40. The number of ether oxygens (including phenoxy) is 1. The van der Waals surface area contributed by atoms with Gasteiger partial charge >= 0.3 is 13.1 Å². The zero-order valence-electron chi connectivity index (χ0n) is 27.0. The molecular weight excluding hydrogens is 573 g/mol. The molecule has 1 heterocycles. The smallest absolute Gasteiger partial charge is 0.486 e. The van der Waals surface area contributed by atoms with Crippen LogP contribution < -0.4 is 10.1 Å². The van der Waals surface area contributed by atoms with Crippen LogP contribution in [-0.4, -0.2) is 62.9 Å². The molecular formula is C31H49BClNO7Si. The Hall–Kier alpha value is -2.11. The zero-order chi connectivity index (χ0) is 32.1. The molecule has 1 aromatic carbocycles. The summed E-state index contributed by atoms with van der Waals surface area (Å²) in [6, 6.07) is 3.92. The van der Waals surface area contributed by atoms with Gasteiger partial charge in [-0.25, -0.2) is 4.79 Å². The Bertz CT molecular complexity index is 1150. The first-order valence-corrected chi connectivity index (χ1v) is 17.7. The highest BCUT2D eigenvalue weighted by Crippen LogP contribution is 2.39. The number of aliphatic carboxylic acids is 1. The van der Waals surface area contributed by atoms with Crippen molar-refractivity contribution >= 4 is 38.9 Å². The highest BCUT2D eigenvalue weighted by Gasteiger charge is 2.50. The fourth-order valence-electron chi connectivity index (χ4n) is 4.08. The molecule has 3 atom stereocenters. The summed E-state index contributed by atoms with van der Waals surface area (Å²) in [6.07, 6.45) is 5.52. The van der Waals surface area contributed by atoms with E-state index in [-0.39, 0.29) is 23.5 Å². The summed E-state index contributed by atoms with van der Waals surface area (Å²) < 4.78 is 24.1. The van der Waals surface area contributed by atoms with E-state index in [1.54, 1.807) is 24.3 Å². The third-order valence-corrected chi connectivity index (χ3v) is 13.4. The van der Waals surface area contributed by atoms with Crippen LogP contribution >= 0.6 is 11.6 Å². The minimum Gasteiger partial charge on any atom is -0.495 e. The summed E-state index contributed by atoms with van der Waals surface area (Å²) in [7, 11) is -1.09. The van der Waals surface area contributed by atoms with Crippen LogP contribution in [0.15, 0.2) is 42.4 Å². The lowest BCUT2D eigenvalue weighted by molar-refractivity contribution is -0.141. The molecule has 8 nitrogen and oxygen atoms in total. The molecule has 0 aliphatic carbocycles. The molecule has 1 aromatic rings. The summed E-state index contributed by atoms with van der Waals surface area (Å²) in [5, 5.41) is 12.7. The average molecular weight is 622 g/mol. The summed E-state index contributed by atoms with van der Waals surface area (Å²) in [5.41, 5.74) is -0.180. The van der Waals surface area contributed by atoms with Crippen molar-refractivity contribution in [2.24, 2.45) is 5.92 Å². The van der Waals surface area contributed by atoms with E-state index in [1.807, 2.05) is 39.7 Å². The monoisotopic (exact) mass is 621 g/mol. The van der Waals surface area contributed by atoms with E-state index in [4.69, 9.17) is 30.1 Å². The van der Waals surface area contributed by atoms with Crippen molar-refractivity contribution in [1.29, 1.82) is 0 Å². The Kier molecular flexibility index (Phi) is 12.1. The van der Waals surface area contributed by atoms with Crippen LogP contribution in [0.4, 0.5) is 0 Å². The van der Waals surface area contributed by atoms with Gasteiger partial charge in [-0.2, -0.15) is 0 Å².